The molecule has 90 valence electrons. The summed E-state index contributed by atoms with van der Waals surface area (Å²) in [4.78, 5) is 0. The summed E-state index contributed by atoms with van der Waals surface area (Å²) in [5.74, 6) is 0. The molecule has 0 atom stereocenters. The van der Waals surface area contributed by atoms with Gasteiger partial charge in [-0.15, -0.1) is 0 Å². The molecule has 0 aliphatic rings. The fourth-order valence-corrected chi connectivity index (χ4v) is 2.20. The molecule has 4 heteroatoms. The molecule has 0 fully saturated rings. The lowest BCUT2D eigenvalue weighted by molar-refractivity contribution is 0.826. The monoisotopic (exact) mass is 249 g/mol. The Hall–Kier alpha value is -1.32. The molecule has 0 radical (unpaired) electrons. The van der Waals surface area contributed by atoms with E-state index in [9.17, 15) is 0 Å². The molecular weight excluding hydrogens is 234 g/mol. The van der Waals surface area contributed by atoms with Crippen LogP contribution in [0.1, 0.15) is 22.5 Å². The van der Waals surface area contributed by atoms with E-state index in [0.29, 0.717) is 6.54 Å². The molecule has 0 saturated heterocycles. The van der Waals surface area contributed by atoms with Gasteiger partial charge in [0.15, 0.2) is 0 Å². The highest BCUT2D eigenvalue weighted by molar-refractivity contribution is 6.31. The Balaban J connectivity index is 2.65. The van der Waals surface area contributed by atoms with Gasteiger partial charge >= 0.3 is 0 Å². The Morgan fingerprint density at radius 2 is 2.00 bits per heavy atom. The highest BCUT2D eigenvalue weighted by Gasteiger charge is 2.13. The fourth-order valence-electron chi connectivity index (χ4n) is 2.03. The normalized spacial score (nSPS) is 10.9. The molecule has 0 bridgehead atoms. The lowest BCUT2D eigenvalue weighted by Gasteiger charge is -2.09. The molecule has 3 nitrogen and oxygen atoms in total. The van der Waals surface area contributed by atoms with Gasteiger partial charge in [-0.3, -0.25) is 0 Å². The van der Waals surface area contributed by atoms with Crippen molar-refractivity contribution >= 4 is 11.6 Å². The van der Waals surface area contributed by atoms with E-state index in [2.05, 4.69) is 5.10 Å². The van der Waals surface area contributed by atoms with Gasteiger partial charge in [-0.2, -0.15) is 5.10 Å². The van der Waals surface area contributed by atoms with Gasteiger partial charge in [0, 0.05) is 22.8 Å². The number of benzene rings is 1. The molecule has 2 N–H and O–H groups in total. The van der Waals surface area contributed by atoms with E-state index in [1.165, 1.54) is 0 Å². The Labute approximate surface area is 106 Å². The van der Waals surface area contributed by atoms with E-state index in [4.69, 9.17) is 17.3 Å². The van der Waals surface area contributed by atoms with Crippen LogP contribution < -0.4 is 5.73 Å². The number of nitrogens with two attached hydrogens (primary N) is 1. The summed E-state index contributed by atoms with van der Waals surface area (Å²) >= 11 is 6.13. The van der Waals surface area contributed by atoms with Crippen LogP contribution in [-0.2, 0) is 6.54 Å². The second-order valence-corrected chi connectivity index (χ2v) is 4.56. The van der Waals surface area contributed by atoms with Crippen LogP contribution in [0.15, 0.2) is 18.2 Å². The number of aromatic nitrogens is 2. The summed E-state index contributed by atoms with van der Waals surface area (Å²) in [6.45, 7) is 6.52. The minimum absolute atomic E-state index is 0.511. The zero-order valence-electron chi connectivity index (χ0n) is 10.3. The molecule has 0 amide bonds. The molecule has 0 spiro atoms. The van der Waals surface area contributed by atoms with Crippen molar-refractivity contribution in [3.63, 3.8) is 0 Å². The lowest BCUT2D eigenvalue weighted by Crippen LogP contribution is -2.03. The van der Waals surface area contributed by atoms with Gasteiger partial charge in [0.05, 0.1) is 11.4 Å². The third-order valence-electron chi connectivity index (χ3n) is 3.11. The van der Waals surface area contributed by atoms with Crippen molar-refractivity contribution in [2.45, 2.75) is 27.3 Å². The summed E-state index contributed by atoms with van der Waals surface area (Å²) < 4.78 is 1.92. The maximum atomic E-state index is 6.13. The largest absolute Gasteiger partial charge is 0.326 e. The molecule has 17 heavy (non-hydrogen) atoms. The van der Waals surface area contributed by atoms with E-state index in [1.54, 1.807) is 0 Å². The van der Waals surface area contributed by atoms with Crippen LogP contribution in [0.2, 0.25) is 5.02 Å². The molecule has 0 aliphatic heterocycles. The number of hydrogen-bond acceptors (Lipinski definition) is 2. The van der Waals surface area contributed by atoms with Crippen molar-refractivity contribution in [3.05, 3.63) is 45.7 Å². The van der Waals surface area contributed by atoms with Gasteiger partial charge in [0.25, 0.3) is 0 Å². The van der Waals surface area contributed by atoms with Crippen molar-refractivity contribution in [2.75, 3.05) is 0 Å². The maximum Gasteiger partial charge on any atom is 0.0692 e. The van der Waals surface area contributed by atoms with Gasteiger partial charge in [0.1, 0.15) is 0 Å². The minimum Gasteiger partial charge on any atom is -0.326 e. The highest BCUT2D eigenvalue weighted by Crippen LogP contribution is 2.24. The van der Waals surface area contributed by atoms with E-state index in [1.807, 2.05) is 43.7 Å². The Morgan fingerprint density at radius 3 is 2.59 bits per heavy atom. The highest BCUT2D eigenvalue weighted by atomic mass is 35.5. The van der Waals surface area contributed by atoms with Crippen LogP contribution in [-0.4, -0.2) is 9.78 Å². The molecule has 0 unspecified atom stereocenters. The van der Waals surface area contributed by atoms with Crippen molar-refractivity contribution in [1.82, 2.24) is 9.78 Å². The quantitative estimate of drug-likeness (QED) is 0.890. The second kappa shape index (κ2) is 4.51. The number of nitrogens with zero attached hydrogens (tertiary/aromatic N) is 2. The predicted molar refractivity (Wildman–Crippen MR) is 70.7 cm³/mol. The smallest absolute Gasteiger partial charge is 0.0692 e. The average molecular weight is 250 g/mol. The first-order chi connectivity index (χ1) is 8.06. The Kier molecular flexibility index (Phi) is 3.22. The number of hydrogen-bond donors (Lipinski definition) is 1. The fraction of sp³-hybridized carbons (Fsp3) is 0.308. The van der Waals surface area contributed by atoms with Gasteiger partial charge in [-0.25, -0.2) is 4.68 Å². The molecule has 2 rings (SSSR count). The maximum absolute atomic E-state index is 6.13. The first-order valence-electron chi connectivity index (χ1n) is 5.57. The average Bonchev–Trinajstić information content (AvgIpc) is 2.58. The van der Waals surface area contributed by atoms with Crippen molar-refractivity contribution < 1.29 is 0 Å². The summed E-state index contributed by atoms with van der Waals surface area (Å²) in [7, 11) is 0. The van der Waals surface area contributed by atoms with Gasteiger partial charge in [0.2, 0.25) is 0 Å². The van der Waals surface area contributed by atoms with Crippen molar-refractivity contribution in [2.24, 2.45) is 5.73 Å². The van der Waals surface area contributed by atoms with E-state index < -0.39 is 0 Å². The number of halogens is 1. The summed E-state index contributed by atoms with van der Waals surface area (Å²) in [6, 6.07) is 5.83. The van der Waals surface area contributed by atoms with Crippen LogP contribution in [0.3, 0.4) is 0 Å². The van der Waals surface area contributed by atoms with Crippen molar-refractivity contribution in [1.29, 1.82) is 0 Å². The predicted octanol–water partition coefficient (Wildman–Crippen LogP) is 2.91. The number of rotatable bonds is 2. The number of aryl methyl sites for hydroxylation is 1. The van der Waals surface area contributed by atoms with E-state index >= 15 is 0 Å². The van der Waals surface area contributed by atoms with Crippen LogP contribution in [0.25, 0.3) is 5.69 Å². The van der Waals surface area contributed by atoms with Crippen LogP contribution in [0.5, 0.6) is 0 Å². The Morgan fingerprint density at radius 1 is 1.29 bits per heavy atom. The minimum atomic E-state index is 0.511. The molecule has 1 aromatic carbocycles. The molecule has 2 aromatic rings. The summed E-state index contributed by atoms with van der Waals surface area (Å²) in [5, 5.41) is 5.29. The molecule has 0 saturated carbocycles. The third-order valence-corrected chi connectivity index (χ3v) is 3.52. The zero-order chi connectivity index (χ0) is 12.6. The molecular formula is C13H16ClN3. The van der Waals surface area contributed by atoms with E-state index in [-0.39, 0.29) is 0 Å². The second-order valence-electron chi connectivity index (χ2n) is 4.15. The van der Waals surface area contributed by atoms with Gasteiger partial charge < -0.3 is 5.73 Å². The standard InChI is InChI=1S/C13H16ClN3/c1-8-12(14)5-4-6-13(8)17-10(3)11(7-15)9(2)16-17/h4-6H,7,15H2,1-3H3. The van der Waals surface area contributed by atoms with Crippen LogP contribution >= 0.6 is 11.6 Å². The van der Waals surface area contributed by atoms with Crippen LogP contribution in [0, 0.1) is 20.8 Å². The summed E-state index contributed by atoms with van der Waals surface area (Å²) in [6.07, 6.45) is 0. The SMILES string of the molecule is Cc1nn(-c2cccc(Cl)c2C)c(C)c1CN. The first kappa shape index (κ1) is 12.1. The molecule has 0 aliphatic carbocycles. The summed E-state index contributed by atoms with van der Waals surface area (Å²) in [5.41, 5.74) is 10.9. The first-order valence-corrected chi connectivity index (χ1v) is 5.94. The van der Waals surface area contributed by atoms with E-state index in [0.717, 1.165) is 33.2 Å². The molecule has 1 aromatic heterocycles. The van der Waals surface area contributed by atoms with Gasteiger partial charge in [-0.05, 0) is 38.5 Å². The van der Waals surface area contributed by atoms with Gasteiger partial charge in [-0.1, -0.05) is 17.7 Å². The zero-order valence-corrected chi connectivity index (χ0v) is 11.0. The third kappa shape index (κ3) is 1.96. The molecule has 1 heterocycles. The topological polar surface area (TPSA) is 43.8 Å². The lowest BCUT2D eigenvalue weighted by atomic mass is 10.1. The Bertz CT molecular complexity index is 558. The van der Waals surface area contributed by atoms with Crippen molar-refractivity contribution in [3.8, 4) is 5.69 Å². The van der Waals surface area contributed by atoms with Crippen LogP contribution in [0.4, 0.5) is 0 Å².